The van der Waals surface area contributed by atoms with Gasteiger partial charge in [0.2, 0.25) is 0 Å². The molecule has 21 heavy (non-hydrogen) atoms. The molecular formula is C14H18N6O. The maximum atomic E-state index is 11.5. The zero-order valence-electron chi connectivity index (χ0n) is 11.8. The third-order valence-electron chi connectivity index (χ3n) is 2.77. The standard InChI is InChI=1S/C14H18N6O/c1-9-3-2-4-12(19-9)20-11-7-13(17-6-5-15)18-8-10(11)14(16)21/h2-4,7-8H,5-6,15H2,1H3,(H2,16,21)(H2,17,18,19,20). The van der Waals surface area contributed by atoms with Crippen LogP contribution in [0.1, 0.15) is 16.1 Å². The summed E-state index contributed by atoms with van der Waals surface area (Å²) in [6, 6.07) is 7.29. The molecule has 0 aliphatic heterocycles. The van der Waals surface area contributed by atoms with E-state index < -0.39 is 5.91 Å². The van der Waals surface area contributed by atoms with E-state index >= 15 is 0 Å². The number of anilines is 3. The van der Waals surface area contributed by atoms with E-state index in [0.717, 1.165) is 5.69 Å². The lowest BCUT2D eigenvalue weighted by molar-refractivity contribution is 0.100. The summed E-state index contributed by atoms with van der Waals surface area (Å²) in [5, 5.41) is 6.14. The van der Waals surface area contributed by atoms with Crippen molar-refractivity contribution < 1.29 is 4.79 Å². The minimum Gasteiger partial charge on any atom is -0.369 e. The Morgan fingerprint density at radius 3 is 2.81 bits per heavy atom. The normalized spacial score (nSPS) is 10.2. The van der Waals surface area contributed by atoms with Crippen LogP contribution in [-0.4, -0.2) is 29.0 Å². The van der Waals surface area contributed by atoms with Crippen molar-refractivity contribution in [2.75, 3.05) is 23.7 Å². The van der Waals surface area contributed by atoms with Crippen molar-refractivity contribution in [2.45, 2.75) is 6.92 Å². The van der Waals surface area contributed by atoms with E-state index in [4.69, 9.17) is 11.5 Å². The molecule has 0 radical (unpaired) electrons. The first kappa shape index (κ1) is 14.7. The van der Waals surface area contributed by atoms with Crippen molar-refractivity contribution in [3.05, 3.63) is 41.7 Å². The molecule has 0 aliphatic carbocycles. The van der Waals surface area contributed by atoms with Crippen LogP contribution in [0.2, 0.25) is 0 Å². The van der Waals surface area contributed by atoms with Gasteiger partial charge in [0, 0.05) is 31.0 Å². The van der Waals surface area contributed by atoms with Crippen molar-refractivity contribution in [2.24, 2.45) is 11.5 Å². The lowest BCUT2D eigenvalue weighted by atomic mass is 10.2. The third kappa shape index (κ3) is 3.90. The van der Waals surface area contributed by atoms with Gasteiger partial charge in [-0.25, -0.2) is 9.97 Å². The number of rotatable bonds is 6. The molecule has 7 nitrogen and oxygen atoms in total. The molecule has 2 aromatic rings. The molecule has 0 unspecified atom stereocenters. The van der Waals surface area contributed by atoms with Crippen LogP contribution in [0.5, 0.6) is 0 Å². The molecule has 0 fully saturated rings. The number of amides is 1. The number of hydrogen-bond donors (Lipinski definition) is 4. The fourth-order valence-electron chi connectivity index (χ4n) is 1.80. The Balaban J connectivity index is 2.31. The lowest BCUT2D eigenvalue weighted by Gasteiger charge is -2.12. The van der Waals surface area contributed by atoms with Gasteiger partial charge in [0.15, 0.2) is 0 Å². The molecule has 2 rings (SSSR count). The van der Waals surface area contributed by atoms with Crippen LogP contribution >= 0.6 is 0 Å². The Labute approximate surface area is 122 Å². The number of nitrogens with one attached hydrogen (secondary N) is 2. The van der Waals surface area contributed by atoms with Crippen LogP contribution in [0.25, 0.3) is 0 Å². The van der Waals surface area contributed by atoms with E-state index in [9.17, 15) is 4.79 Å². The summed E-state index contributed by atoms with van der Waals surface area (Å²) in [5.41, 5.74) is 12.5. The molecule has 2 aromatic heterocycles. The van der Waals surface area contributed by atoms with Crippen LogP contribution in [0.15, 0.2) is 30.5 Å². The molecule has 0 saturated heterocycles. The van der Waals surface area contributed by atoms with Crippen molar-refractivity contribution in [1.29, 1.82) is 0 Å². The summed E-state index contributed by atoms with van der Waals surface area (Å²) in [6.45, 7) is 2.97. The van der Waals surface area contributed by atoms with E-state index in [0.29, 0.717) is 36.0 Å². The number of nitrogens with two attached hydrogens (primary N) is 2. The van der Waals surface area contributed by atoms with Crippen LogP contribution in [0, 0.1) is 6.92 Å². The fourth-order valence-corrected chi connectivity index (χ4v) is 1.80. The molecule has 0 aliphatic rings. The number of primary amides is 1. The monoisotopic (exact) mass is 286 g/mol. The zero-order valence-corrected chi connectivity index (χ0v) is 11.8. The fraction of sp³-hybridized carbons (Fsp3) is 0.214. The SMILES string of the molecule is Cc1cccc(Nc2cc(NCCN)ncc2C(N)=O)n1. The van der Waals surface area contributed by atoms with Gasteiger partial charge in [-0.1, -0.05) is 6.07 Å². The van der Waals surface area contributed by atoms with Crippen molar-refractivity contribution in [1.82, 2.24) is 9.97 Å². The van der Waals surface area contributed by atoms with Gasteiger partial charge < -0.3 is 22.1 Å². The van der Waals surface area contributed by atoms with E-state index in [1.54, 1.807) is 6.07 Å². The number of aromatic nitrogens is 2. The second-order valence-electron chi connectivity index (χ2n) is 4.48. The molecule has 0 atom stereocenters. The smallest absolute Gasteiger partial charge is 0.252 e. The molecule has 2 heterocycles. The van der Waals surface area contributed by atoms with Gasteiger partial charge in [0.05, 0.1) is 11.3 Å². The minimum absolute atomic E-state index is 0.302. The van der Waals surface area contributed by atoms with Gasteiger partial charge in [-0.3, -0.25) is 4.79 Å². The number of hydrogen-bond acceptors (Lipinski definition) is 6. The molecule has 0 aromatic carbocycles. The average Bonchev–Trinajstić information content (AvgIpc) is 2.45. The number of carbonyl (C=O) groups excluding carboxylic acids is 1. The van der Waals surface area contributed by atoms with Gasteiger partial charge in [-0.05, 0) is 19.1 Å². The average molecular weight is 286 g/mol. The molecule has 110 valence electrons. The second-order valence-corrected chi connectivity index (χ2v) is 4.48. The van der Waals surface area contributed by atoms with E-state index in [1.807, 2.05) is 25.1 Å². The summed E-state index contributed by atoms with van der Waals surface area (Å²) in [4.78, 5) is 20.0. The Morgan fingerprint density at radius 1 is 1.33 bits per heavy atom. The quantitative estimate of drug-likeness (QED) is 0.629. The summed E-state index contributed by atoms with van der Waals surface area (Å²) in [5.74, 6) is 0.692. The maximum Gasteiger partial charge on any atom is 0.252 e. The zero-order chi connectivity index (χ0) is 15.2. The first-order valence-corrected chi connectivity index (χ1v) is 6.54. The molecule has 7 heteroatoms. The van der Waals surface area contributed by atoms with Crippen LogP contribution in [-0.2, 0) is 0 Å². The number of aryl methyl sites for hydroxylation is 1. The van der Waals surface area contributed by atoms with Crippen molar-refractivity contribution >= 4 is 23.2 Å². The topological polar surface area (TPSA) is 119 Å². The van der Waals surface area contributed by atoms with Crippen molar-refractivity contribution in [3.8, 4) is 0 Å². The molecular weight excluding hydrogens is 268 g/mol. The second kappa shape index (κ2) is 6.67. The van der Waals surface area contributed by atoms with Gasteiger partial charge in [0.1, 0.15) is 11.6 Å². The highest BCUT2D eigenvalue weighted by Crippen LogP contribution is 2.22. The van der Waals surface area contributed by atoms with Crippen LogP contribution in [0.3, 0.4) is 0 Å². The van der Waals surface area contributed by atoms with E-state index in [-0.39, 0.29) is 0 Å². The van der Waals surface area contributed by atoms with Crippen molar-refractivity contribution in [3.63, 3.8) is 0 Å². The summed E-state index contributed by atoms with van der Waals surface area (Å²) < 4.78 is 0. The first-order valence-electron chi connectivity index (χ1n) is 6.54. The summed E-state index contributed by atoms with van der Waals surface area (Å²) >= 11 is 0. The number of nitrogens with zero attached hydrogens (tertiary/aromatic N) is 2. The predicted octanol–water partition coefficient (Wildman–Crippen LogP) is 0.998. The minimum atomic E-state index is -0.553. The number of carbonyl (C=O) groups is 1. The molecule has 0 spiro atoms. The lowest BCUT2D eigenvalue weighted by Crippen LogP contribution is -2.17. The van der Waals surface area contributed by atoms with Crippen LogP contribution in [0.4, 0.5) is 17.3 Å². The Hall–Kier alpha value is -2.67. The van der Waals surface area contributed by atoms with Gasteiger partial charge in [-0.2, -0.15) is 0 Å². The Kier molecular flexibility index (Phi) is 4.68. The summed E-state index contributed by atoms with van der Waals surface area (Å²) in [6.07, 6.45) is 1.43. The van der Waals surface area contributed by atoms with E-state index in [1.165, 1.54) is 6.20 Å². The Morgan fingerprint density at radius 2 is 2.14 bits per heavy atom. The highest BCUT2D eigenvalue weighted by molar-refractivity contribution is 5.99. The van der Waals surface area contributed by atoms with Crippen LogP contribution < -0.4 is 22.1 Å². The maximum absolute atomic E-state index is 11.5. The van der Waals surface area contributed by atoms with Gasteiger partial charge in [-0.15, -0.1) is 0 Å². The van der Waals surface area contributed by atoms with Gasteiger partial charge >= 0.3 is 0 Å². The highest BCUT2D eigenvalue weighted by atomic mass is 16.1. The predicted molar refractivity (Wildman–Crippen MR) is 82.6 cm³/mol. The summed E-state index contributed by atoms with van der Waals surface area (Å²) in [7, 11) is 0. The third-order valence-corrected chi connectivity index (χ3v) is 2.77. The number of pyridine rings is 2. The largest absolute Gasteiger partial charge is 0.369 e. The molecule has 0 bridgehead atoms. The molecule has 6 N–H and O–H groups in total. The highest BCUT2D eigenvalue weighted by Gasteiger charge is 2.11. The van der Waals surface area contributed by atoms with E-state index in [2.05, 4.69) is 20.6 Å². The van der Waals surface area contributed by atoms with Gasteiger partial charge in [0.25, 0.3) is 5.91 Å². The Bertz CT molecular complexity index is 643. The first-order chi connectivity index (χ1) is 10.1. The molecule has 1 amide bonds. The molecule has 0 saturated carbocycles.